The van der Waals surface area contributed by atoms with Gasteiger partial charge in [-0.2, -0.15) is 4.98 Å². The Bertz CT molecular complexity index is 350. The second kappa shape index (κ2) is 3.98. The highest BCUT2D eigenvalue weighted by Gasteiger charge is 2.26. The molecular weight excluding hydrogens is 197 g/mol. The van der Waals surface area contributed by atoms with E-state index in [4.69, 9.17) is 5.84 Å². The van der Waals surface area contributed by atoms with Gasteiger partial charge in [0, 0.05) is 6.04 Å². The third-order valence-electron chi connectivity index (χ3n) is 2.59. The van der Waals surface area contributed by atoms with Crippen molar-refractivity contribution < 1.29 is 4.39 Å². The van der Waals surface area contributed by atoms with Gasteiger partial charge in [0.15, 0.2) is 11.6 Å². The van der Waals surface area contributed by atoms with E-state index < -0.39 is 5.82 Å². The number of nitrogens with one attached hydrogen (secondary N) is 2. The van der Waals surface area contributed by atoms with E-state index in [1.54, 1.807) is 0 Å². The van der Waals surface area contributed by atoms with Gasteiger partial charge in [0.05, 0.1) is 6.20 Å². The Kier molecular flexibility index (Phi) is 2.68. The first-order valence-corrected chi connectivity index (χ1v) is 4.94. The third-order valence-corrected chi connectivity index (χ3v) is 2.59. The molecule has 6 heteroatoms. The van der Waals surface area contributed by atoms with Crippen molar-refractivity contribution in [2.45, 2.75) is 25.8 Å². The van der Waals surface area contributed by atoms with Crippen LogP contribution in [-0.4, -0.2) is 16.0 Å². The second-order valence-corrected chi connectivity index (χ2v) is 3.95. The molecule has 2 rings (SSSR count). The Morgan fingerprint density at radius 2 is 2.27 bits per heavy atom. The summed E-state index contributed by atoms with van der Waals surface area (Å²) < 4.78 is 13.3. The highest BCUT2D eigenvalue weighted by Crippen LogP contribution is 2.29. The van der Waals surface area contributed by atoms with Gasteiger partial charge in [-0.05, 0) is 18.8 Å². The highest BCUT2D eigenvalue weighted by atomic mass is 19.1. The molecule has 1 aliphatic rings. The van der Waals surface area contributed by atoms with Gasteiger partial charge in [0.25, 0.3) is 0 Å². The van der Waals surface area contributed by atoms with E-state index in [1.165, 1.54) is 0 Å². The lowest BCUT2D eigenvalue weighted by Crippen LogP contribution is -2.34. The maximum Gasteiger partial charge on any atom is 0.239 e. The Hall–Kier alpha value is -1.43. The van der Waals surface area contributed by atoms with Crippen molar-refractivity contribution in [2.24, 2.45) is 11.8 Å². The molecule has 1 fully saturated rings. The molecule has 0 spiro atoms. The molecule has 0 aromatic carbocycles. The SMILES string of the molecule is CC1CC(Nc2nc(NN)ncc2F)C1. The van der Waals surface area contributed by atoms with Crippen LogP contribution in [0.4, 0.5) is 16.2 Å². The Balaban J connectivity index is 2.06. The zero-order valence-corrected chi connectivity index (χ0v) is 8.50. The number of rotatable bonds is 3. The summed E-state index contributed by atoms with van der Waals surface area (Å²) in [4.78, 5) is 7.57. The fourth-order valence-electron chi connectivity index (χ4n) is 1.75. The summed E-state index contributed by atoms with van der Waals surface area (Å²) in [6.45, 7) is 2.17. The van der Waals surface area contributed by atoms with Gasteiger partial charge in [-0.15, -0.1) is 0 Å². The van der Waals surface area contributed by atoms with E-state index in [0.717, 1.165) is 19.0 Å². The van der Waals surface area contributed by atoms with Gasteiger partial charge in [0.1, 0.15) is 0 Å². The number of nitrogen functional groups attached to an aromatic ring is 1. The number of halogens is 1. The molecule has 0 bridgehead atoms. The molecule has 0 saturated heterocycles. The standard InChI is InChI=1S/C9H14FN5/c1-5-2-6(3-5)13-8-7(10)4-12-9(14-8)15-11/h4-6H,2-3,11H2,1H3,(H2,12,13,14,15). The van der Waals surface area contributed by atoms with Gasteiger partial charge < -0.3 is 5.32 Å². The van der Waals surface area contributed by atoms with Crippen LogP contribution in [0.5, 0.6) is 0 Å². The minimum atomic E-state index is -0.450. The maximum atomic E-state index is 13.3. The summed E-state index contributed by atoms with van der Waals surface area (Å²) >= 11 is 0. The normalized spacial score (nSPS) is 24.5. The number of nitrogens with two attached hydrogens (primary N) is 1. The van der Waals surface area contributed by atoms with Crippen molar-refractivity contribution in [3.63, 3.8) is 0 Å². The van der Waals surface area contributed by atoms with Gasteiger partial charge in [-0.3, -0.25) is 5.43 Å². The summed E-state index contributed by atoms with van der Waals surface area (Å²) in [6, 6.07) is 0.315. The lowest BCUT2D eigenvalue weighted by Gasteiger charge is -2.33. The van der Waals surface area contributed by atoms with Crippen LogP contribution in [0.3, 0.4) is 0 Å². The first-order valence-electron chi connectivity index (χ1n) is 4.94. The molecule has 1 heterocycles. The molecule has 0 amide bonds. The molecule has 0 atom stereocenters. The van der Waals surface area contributed by atoms with Crippen LogP contribution in [-0.2, 0) is 0 Å². The fourth-order valence-corrected chi connectivity index (χ4v) is 1.75. The van der Waals surface area contributed by atoms with E-state index >= 15 is 0 Å². The first-order chi connectivity index (χ1) is 7.19. The number of aromatic nitrogens is 2. The smallest absolute Gasteiger partial charge is 0.239 e. The van der Waals surface area contributed by atoms with Crippen molar-refractivity contribution in [1.29, 1.82) is 0 Å². The largest absolute Gasteiger partial charge is 0.365 e. The van der Waals surface area contributed by atoms with E-state index in [2.05, 4.69) is 27.6 Å². The predicted molar refractivity (Wildman–Crippen MR) is 55.6 cm³/mol. The lowest BCUT2D eigenvalue weighted by molar-refractivity contribution is 0.307. The van der Waals surface area contributed by atoms with Crippen LogP contribution in [0.1, 0.15) is 19.8 Å². The molecule has 5 nitrogen and oxygen atoms in total. The molecule has 82 valence electrons. The summed E-state index contributed by atoms with van der Waals surface area (Å²) in [5, 5.41) is 3.03. The number of hydrazine groups is 1. The van der Waals surface area contributed by atoms with Crippen molar-refractivity contribution in [1.82, 2.24) is 9.97 Å². The fraction of sp³-hybridized carbons (Fsp3) is 0.556. The molecule has 0 radical (unpaired) electrons. The number of anilines is 2. The van der Waals surface area contributed by atoms with Crippen LogP contribution in [0.2, 0.25) is 0 Å². The summed E-state index contributed by atoms with van der Waals surface area (Å²) in [6.07, 6.45) is 3.20. The minimum absolute atomic E-state index is 0.214. The quantitative estimate of drug-likeness (QED) is 0.516. The molecule has 4 N–H and O–H groups in total. The van der Waals surface area contributed by atoms with Crippen molar-refractivity contribution in [2.75, 3.05) is 10.7 Å². The molecule has 1 saturated carbocycles. The van der Waals surface area contributed by atoms with Gasteiger partial charge in [-0.1, -0.05) is 6.92 Å². The van der Waals surface area contributed by atoms with Crippen LogP contribution >= 0.6 is 0 Å². The van der Waals surface area contributed by atoms with E-state index in [-0.39, 0.29) is 11.8 Å². The molecule has 1 aliphatic carbocycles. The zero-order valence-electron chi connectivity index (χ0n) is 8.50. The van der Waals surface area contributed by atoms with E-state index in [1.807, 2.05) is 0 Å². The summed E-state index contributed by atoms with van der Waals surface area (Å²) in [7, 11) is 0. The van der Waals surface area contributed by atoms with Crippen molar-refractivity contribution in [3.05, 3.63) is 12.0 Å². The van der Waals surface area contributed by atoms with Crippen LogP contribution in [0.25, 0.3) is 0 Å². The first kappa shape index (κ1) is 10.1. The molecule has 0 unspecified atom stereocenters. The Morgan fingerprint density at radius 3 is 2.87 bits per heavy atom. The van der Waals surface area contributed by atoms with Crippen LogP contribution < -0.4 is 16.6 Å². The zero-order chi connectivity index (χ0) is 10.8. The topological polar surface area (TPSA) is 75.9 Å². The monoisotopic (exact) mass is 211 g/mol. The van der Waals surface area contributed by atoms with Gasteiger partial charge in [0.2, 0.25) is 5.95 Å². The summed E-state index contributed by atoms with van der Waals surface area (Å²) in [5.74, 6) is 5.83. The molecule has 1 aromatic heterocycles. The average molecular weight is 211 g/mol. The number of hydrogen-bond donors (Lipinski definition) is 3. The maximum absolute atomic E-state index is 13.3. The van der Waals surface area contributed by atoms with Crippen LogP contribution in [0, 0.1) is 11.7 Å². The Labute approximate surface area is 87.3 Å². The van der Waals surface area contributed by atoms with Gasteiger partial charge in [-0.25, -0.2) is 15.2 Å². The van der Waals surface area contributed by atoms with Crippen molar-refractivity contribution >= 4 is 11.8 Å². The molecular formula is C9H14FN5. The second-order valence-electron chi connectivity index (χ2n) is 3.95. The van der Waals surface area contributed by atoms with E-state index in [9.17, 15) is 4.39 Å². The lowest BCUT2D eigenvalue weighted by atomic mass is 9.82. The highest BCUT2D eigenvalue weighted by molar-refractivity contribution is 5.41. The Morgan fingerprint density at radius 1 is 1.53 bits per heavy atom. The van der Waals surface area contributed by atoms with E-state index in [0.29, 0.717) is 12.0 Å². The predicted octanol–water partition coefficient (Wildman–Crippen LogP) is 1.11. The van der Waals surface area contributed by atoms with Crippen LogP contribution in [0.15, 0.2) is 6.20 Å². The molecule has 1 aromatic rings. The number of hydrogen-bond acceptors (Lipinski definition) is 5. The molecule has 0 aliphatic heterocycles. The third kappa shape index (κ3) is 2.15. The minimum Gasteiger partial charge on any atom is -0.365 e. The number of nitrogens with zero attached hydrogens (tertiary/aromatic N) is 2. The van der Waals surface area contributed by atoms with Crippen molar-refractivity contribution in [3.8, 4) is 0 Å². The molecule has 15 heavy (non-hydrogen) atoms. The van der Waals surface area contributed by atoms with Gasteiger partial charge >= 0.3 is 0 Å². The summed E-state index contributed by atoms with van der Waals surface area (Å²) in [5.41, 5.74) is 2.28. The average Bonchev–Trinajstić information content (AvgIpc) is 2.19.